The first kappa shape index (κ1) is 88.1. The number of nitrogens with zero attached hydrogens (tertiary/aromatic N) is 3. The zero-order chi connectivity index (χ0) is 76.5. The first-order valence-corrected chi connectivity index (χ1v) is 40.8. The lowest BCUT2D eigenvalue weighted by Gasteiger charge is -2.15. The monoisotopic (exact) mass is 1500 g/mol. The van der Waals surface area contributed by atoms with Gasteiger partial charge < -0.3 is 23.0 Å². The summed E-state index contributed by atoms with van der Waals surface area (Å²) in [7, 11) is 2.07. The van der Waals surface area contributed by atoms with Gasteiger partial charge in [0.25, 0.3) is 0 Å². The molecular formula is C92H115N3O3S6. The number of benzene rings is 4. The quantitative estimate of drug-likeness (QED) is 0.172. The molecule has 0 amide bonds. The maximum absolute atomic E-state index is 5.46. The minimum absolute atomic E-state index is 0.685. The van der Waals surface area contributed by atoms with Crippen molar-refractivity contribution >= 4 is 90.9 Å². The van der Waals surface area contributed by atoms with Crippen LogP contribution in [0.2, 0.25) is 0 Å². The van der Waals surface area contributed by atoms with Crippen molar-refractivity contribution in [2.75, 3.05) is 13.2 Å². The molecule has 6 nitrogen and oxygen atoms in total. The van der Waals surface area contributed by atoms with Gasteiger partial charge in [-0.2, -0.15) is 0 Å². The highest BCUT2D eigenvalue weighted by Gasteiger charge is 2.19. The van der Waals surface area contributed by atoms with Crippen LogP contribution in [0.3, 0.4) is 0 Å². The molecule has 1 aliphatic heterocycles. The van der Waals surface area contributed by atoms with E-state index in [4.69, 9.17) is 13.9 Å². The number of aryl methyl sites for hydroxylation is 18. The summed E-state index contributed by atoms with van der Waals surface area (Å²) in [6, 6.07) is 75.6. The Morgan fingerprint density at radius 3 is 1.08 bits per heavy atom. The van der Waals surface area contributed by atoms with Crippen LogP contribution in [-0.4, -0.2) is 27.3 Å². The summed E-state index contributed by atoms with van der Waals surface area (Å²) in [5.74, 6) is 3.88. The number of aromatic nitrogens is 3. The Hall–Kier alpha value is -8.33. The second-order valence-corrected chi connectivity index (χ2v) is 32.9. The van der Waals surface area contributed by atoms with Crippen LogP contribution in [0.15, 0.2) is 223 Å². The average molecular weight is 1500 g/mol. The molecule has 4 aromatic carbocycles. The largest absolute Gasteiger partial charge is 0.485 e. The molecule has 0 bridgehead atoms. The Kier molecular flexibility index (Phi) is 41.2. The molecule has 12 heteroatoms. The van der Waals surface area contributed by atoms with Crippen molar-refractivity contribution in [3.63, 3.8) is 0 Å². The van der Waals surface area contributed by atoms with E-state index in [9.17, 15) is 0 Å². The van der Waals surface area contributed by atoms with Crippen molar-refractivity contribution in [2.24, 2.45) is 7.05 Å². The molecule has 0 aliphatic carbocycles. The number of furan rings is 1. The number of hydrogen-bond acceptors (Lipinski definition) is 10. The molecule has 0 atom stereocenters. The van der Waals surface area contributed by atoms with E-state index >= 15 is 0 Å². The molecule has 10 aromatic heterocycles. The van der Waals surface area contributed by atoms with Crippen LogP contribution in [0.25, 0.3) is 38.4 Å². The van der Waals surface area contributed by atoms with Gasteiger partial charge in [0.05, 0.1) is 0 Å². The third-order valence-corrected chi connectivity index (χ3v) is 21.5. The van der Waals surface area contributed by atoms with E-state index in [-0.39, 0.29) is 0 Å². The van der Waals surface area contributed by atoms with Gasteiger partial charge in [0, 0.05) is 105 Å². The number of fused-ring (bicyclic) bond motifs is 2. The Morgan fingerprint density at radius 2 is 0.750 bits per heavy atom. The minimum atomic E-state index is 0.685. The standard InChI is InChI=1S/C12H13N.C12H12S2.C11H10.C10H10S2.C8H10O2S.C7H11N.C7H9N.C7H8.C6H8O.C6H8S.C4H10.C2H6/c1-10-8-9-11(2)13(10)12-6-4-3-5-7-12;1-9-3-5-11(13-9)7-8-12-6-4-10(2)14-12;1-9-5-4-7-10-6-2-3-8-11(9)10;1-7-3-5-9(11-7)10-6-4-8(2)12-10;1-5-7-8(6(2)11-5)10-4-3-9-7;1-6-4-5-7(2)8(6)3;1-6-4-3-5-7(2)8-6;1-7-5-3-2-4-6-7;2*1-5-3-4-6(2)7-5;1-3-4-2;1-2/h3-9H,1-2H3;3-8H,1-2H3;2-8H,1H3;3-6H,1-2H3;3-4H2,1-2H3;4-5H,1-3H3;3-5H,1-2H3;2-6H,1H3;2*3-4H,1-2H3;3-4H2,1-2H3;1-2H3. The molecule has 11 heterocycles. The Balaban J connectivity index is 0.000000245. The third-order valence-electron chi connectivity index (χ3n) is 15.5. The second kappa shape index (κ2) is 48.6. The van der Waals surface area contributed by atoms with E-state index in [0.717, 1.165) is 34.4 Å². The summed E-state index contributed by atoms with van der Waals surface area (Å²) < 4.78 is 20.4. The topological polar surface area (TPSA) is 54.4 Å². The van der Waals surface area contributed by atoms with E-state index in [1.54, 1.807) is 11.3 Å². The number of hydrogen-bond donors (Lipinski definition) is 0. The number of para-hydroxylation sites is 1. The fourth-order valence-corrected chi connectivity index (χ4v) is 14.9. The summed E-state index contributed by atoms with van der Waals surface area (Å²) in [6.07, 6.45) is 7.01. The second-order valence-electron chi connectivity index (χ2n) is 24.8. The lowest BCUT2D eigenvalue weighted by atomic mass is 10.1. The van der Waals surface area contributed by atoms with E-state index in [1.807, 2.05) is 153 Å². The van der Waals surface area contributed by atoms with Crippen LogP contribution in [-0.2, 0) is 7.05 Å². The summed E-state index contributed by atoms with van der Waals surface area (Å²) in [4.78, 5) is 20.4. The van der Waals surface area contributed by atoms with E-state index in [2.05, 4.69) is 308 Å². The van der Waals surface area contributed by atoms with Crippen LogP contribution in [0.5, 0.6) is 11.5 Å². The fraction of sp³-hybridized carbons (Fsp3) is 0.293. The summed E-state index contributed by atoms with van der Waals surface area (Å²) in [5.41, 5.74) is 11.3. The van der Waals surface area contributed by atoms with Gasteiger partial charge in [-0.25, -0.2) is 0 Å². The fourth-order valence-electron chi connectivity index (χ4n) is 9.76. The molecule has 552 valence electrons. The molecular weight excluding hydrogens is 1390 g/mol. The number of unbranched alkanes of at least 4 members (excludes halogenated alkanes) is 1. The highest BCUT2D eigenvalue weighted by molar-refractivity contribution is 7.22. The molecule has 0 radical (unpaired) electrons. The first-order chi connectivity index (χ1) is 49.8. The van der Waals surface area contributed by atoms with Crippen molar-refractivity contribution in [1.82, 2.24) is 14.1 Å². The van der Waals surface area contributed by atoms with Gasteiger partial charge in [-0.1, -0.05) is 143 Å². The molecule has 0 saturated carbocycles. The van der Waals surface area contributed by atoms with E-state index in [1.165, 1.54) is 122 Å². The van der Waals surface area contributed by atoms with Crippen LogP contribution in [0.1, 0.15) is 146 Å². The maximum Gasteiger partial charge on any atom is 0.175 e. The van der Waals surface area contributed by atoms with Gasteiger partial charge in [0.2, 0.25) is 0 Å². The van der Waals surface area contributed by atoms with Gasteiger partial charge in [-0.15, -0.1) is 68.0 Å². The first-order valence-electron chi connectivity index (χ1n) is 35.9. The normalized spacial score (nSPS) is 10.4. The Morgan fingerprint density at radius 1 is 0.365 bits per heavy atom. The molecule has 104 heavy (non-hydrogen) atoms. The number of rotatable bonds is 5. The van der Waals surface area contributed by atoms with Crippen molar-refractivity contribution in [3.8, 4) is 26.9 Å². The number of ether oxygens (including phenoxy) is 2. The van der Waals surface area contributed by atoms with Gasteiger partial charge >= 0.3 is 0 Å². The predicted octanol–water partition coefficient (Wildman–Crippen LogP) is 29.5. The minimum Gasteiger partial charge on any atom is -0.485 e. The SMILES string of the molecule is CC.CCCC.Cc1ccc(-c2ccc(C)s2)s1.Cc1ccc(C)n1-c1ccccc1.Cc1ccc(C)n1C.Cc1ccc(C)o1.Cc1ccc(C)s1.Cc1ccc(C=Cc2ccc(C)s2)s1.Cc1cccc(C)n1.Cc1cccc2ccccc12.Cc1ccccc1.Cc1sc(C)c2c1OCCO2. The lowest BCUT2D eigenvalue weighted by molar-refractivity contribution is 0.171. The summed E-state index contributed by atoms with van der Waals surface area (Å²) >= 11 is 11.0. The van der Waals surface area contributed by atoms with Crippen LogP contribution < -0.4 is 9.47 Å². The third kappa shape index (κ3) is 33.2. The van der Waals surface area contributed by atoms with Gasteiger partial charge in [0.1, 0.15) is 24.7 Å². The van der Waals surface area contributed by atoms with Crippen LogP contribution in [0, 0.1) is 125 Å². The highest BCUT2D eigenvalue weighted by atomic mass is 32.1. The highest BCUT2D eigenvalue weighted by Crippen LogP contribution is 2.42. The molecule has 0 unspecified atom stereocenters. The van der Waals surface area contributed by atoms with E-state index < -0.39 is 0 Å². The van der Waals surface area contributed by atoms with Crippen molar-refractivity contribution in [3.05, 3.63) is 324 Å². The number of pyridine rings is 1. The van der Waals surface area contributed by atoms with Crippen molar-refractivity contribution in [1.29, 1.82) is 0 Å². The van der Waals surface area contributed by atoms with E-state index in [0.29, 0.717) is 13.2 Å². The molecule has 0 saturated heterocycles. The maximum atomic E-state index is 5.46. The lowest BCUT2D eigenvalue weighted by Crippen LogP contribution is -2.14. The molecule has 15 rings (SSSR count). The van der Waals surface area contributed by atoms with Gasteiger partial charge in [-0.3, -0.25) is 4.98 Å². The average Bonchev–Trinajstić information content (AvgIpc) is 1.68. The molecule has 0 N–H and O–H groups in total. The smallest absolute Gasteiger partial charge is 0.175 e. The van der Waals surface area contributed by atoms with Crippen molar-refractivity contribution in [2.45, 2.75) is 165 Å². The van der Waals surface area contributed by atoms with Gasteiger partial charge in [-0.05, 0) is 274 Å². The molecule has 0 spiro atoms. The molecule has 0 fully saturated rings. The van der Waals surface area contributed by atoms with Crippen molar-refractivity contribution < 1.29 is 13.9 Å². The Bertz CT molecular complexity index is 4390. The molecule has 1 aliphatic rings. The van der Waals surface area contributed by atoms with Crippen LogP contribution >= 0.6 is 68.0 Å². The van der Waals surface area contributed by atoms with Crippen LogP contribution in [0.4, 0.5) is 0 Å². The predicted molar refractivity (Wildman–Crippen MR) is 467 cm³/mol. The summed E-state index contributed by atoms with van der Waals surface area (Å²) in [5, 5.41) is 2.68. The number of thiophene rings is 6. The zero-order valence-corrected chi connectivity index (χ0v) is 71.2. The zero-order valence-electron chi connectivity index (χ0n) is 66.3. The molecule has 14 aromatic rings. The Labute approximate surface area is 650 Å². The van der Waals surface area contributed by atoms with Gasteiger partial charge in [0.15, 0.2) is 11.5 Å². The summed E-state index contributed by atoms with van der Waals surface area (Å²) in [6.45, 7) is 47.2.